The summed E-state index contributed by atoms with van der Waals surface area (Å²) in [7, 11) is 0. The molecule has 32 heavy (non-hydrogen) atoms. The number of nitrogens with zero attached hydrogens (tertiary/aromatic N) is 4. The van der Waals surface area contributed by atoms with Crippen LogP contribution in [0.25, 0.3) is 11.0 Å². The first kappa shape index (κ1) is 20.9. The summed E-state index contributed by atoms with van der Waals surface area (Å²) >= 11 is 0. The van der Waals surface area contributed by atoms with Crippen molar-refractivity contribution in [3.05, 3.63) is 57.3 Å². The molecule has 8 nitrogen and oxygen atoms in total. The molecule has 0 saturated carbocycles. The van der Waals surface area contributed by atoms with Gasteiger partial charge in [-0.05, 0) is 69.3 Å². The number of aromatic nitrogens is 4. The molecule has 0 spiro atoms. The zero-order chi connectivity index (χ0) is 22.1. The molecule has 2 aromatic heterocycles. The predicted octanol–water partition coefficient (Wildman–Crippen LogP) is 2.20. The number of likely N-dealkylation sites (tertiary alicyclic amines) is 1. The van der Waals surface area contributed by atoms with Crippen LogP contribution in [0.3, 0.4) is 0 Å². The lowest BCUT2D eigenvalue weighted by Gasteiger charge is -2.35. The molecule has 1 aliphatic heterocycles. The number of piperidine rings is 1. The third-order valence-electron chi connectivity index (χ3n) is 6.73. The first-order valence-corrected chi connectivity index (χ1v) is 11.7. The number of carbonyl (C=O) groups excluding carboxylic acids is 1. The third-order valence-corrected chi connectivity index (χ3v) is 6.73. The van der Waals surface area contributed by atoms with Gasteiger partial charge in [0.1, 0.15) is 5.82 Å². The standard InChI is InChI=1S/C24H30N6O2/c1-16-26-21-9-8-18(13-22(21)27-16)24(32)25-15-19-6-2-3-10-29(19)11-12-30-23(31)14-17-5-4-7-20(17)28-30/h8-9,13-14,19H,2-7,10-12,15H2,1H3,(H,25,32)(H,26,27). The van der Waals surface area contributed by atoms with E-state index in [0.717, 1.165) is 79.7 Å². The monoisotopic (exact) mass is 434 g/mol. The maximum absolute atomic E-state index is 12.8. The smallest absolute Gasteiger partial charge is 0.267 e. The Hall–Kier alpha value is -3.00. The minimum atomic E-state index is -0.0683. The summed E-state index contributed by atoms with van der Waals surface area (Å²) in [6, 6.07) is 7.59. The second-order valence-electron chi connectivity index (χ2n) is 8.98. The minimum Gasteiger partial charge on any atom is -0.350 e. The van der Waals surface area contributed by atoms with Crippen molar-refractivity contribution in [3.8, 4) is 0 Å². The van der Waals surface area contributed by atoms with Crippen molar-refractivity contribution in [2.24, 2.45) is 0 Å². The normalized spacial score (nSPS) is 18.7. The molecule has 0 bridgehead atoms. The number of imidazole rings is 1. The number of hydrogen-bond acceptors (Lipinski definition) is 5. The van der Waals surface area contributed by atoms with E-state index in [1.54, 1.807) is 10.7 Å². The van der Waals surface area contributed by atoms with Crippen LogP contribution in [0.5, 0.6) is 0 Å². The molecule has 1 atom stereocenters. The predicted molar refractivity (Wildman–Crippen MR) is 123 cm³/mol. The maximum atomic E-state index is 12.8. The zero-order valence-electron chi connectivity index (χ0n) is 18.6. The van der Waals surface area contributed by atoms with Gasteiger partial charge in [-0.1, -0.05) is 6.42 Å². The second-order valence-corrected chi connectivity index (χ2v) is 8.98. The molecule has 1 amide bonds. The van der Waals surface area contributed by atoms with E-state index < -0.39 is 0 Å². The Kier molecular flexibility index (Phi) is 5.78. The second kappa shape index (κ2) is 8.86. The lowest BCUT2D eigenvalue weighted by molar-refractivity contribution is 0.0909. The lowest BCUT2D eigenvalue weighted by Crippen LogP contribution is -2.48. The van der Waals surface area contributed by atoms with Crippen LogP contribution in [-0.4, -0.2) is 56.2 Å². The van der Waals surface area contributed by atoms with Gasteiger partial charge in [-0.25, -0.2) is 9.67 Å². The van der Waals surface area contributed by atoms with Crippen LogP contribution < -0.4 is 10.9 Å². The van der Waals surface area contributed by atoms with Gasteiger partial charge in [-0.15, -0.1) is 0 Å². The molecule has 1 fully saturated rings. The van der Waals surface area contributed by atoms with Gasteiger partial charge in [0.05, 0.1) is 23.3 Å². The number of rotatable bonds is 6. The number of hydrogen-bond donors (Lipinski definition) is 2. The van der Waals surface area contributed by atoms with Crippen LogP contribution in [-0.2, 0) is 19.4 Å². The van der Waals surface area contributed by atoms with Crippen molar-refractivity contribution >= 4 is 16.9 Å². The quantitative estimate of drug-likeness (QED) is 0.620. The van der Waals surface area contributed by atoms with E-state index in [4.69, 9.17) is 0 Å². The van der Waals surface area contributed by atoms with E-state index in [1.807, 2.05) is 25.1 Å². The molecule has 0 radical (unpaired) electrons. The summed E-state index contributed by atoms with van der Waals surface area (Å²) in [6.45, 7) is 4.85. The van der Waals surface area contributed by atoms with E-state index in [-0.39, 0.29) is 17.5 Å². The van der Waals surface area contributed by atoms with Crippen LogP contribution >= 0.6 is 0 Å². The molecule has 8 heteroatoms. The van der Waals surface area contributed by atoms with Crippen molar-refractivity contribution in [1.82, 2.24) is 30.0 Å². The van der Waals surface area contributed by atoms with Crippen molar-refractivity contribution < 1.29 is 4.79 Å². The molecule has 2 aliphatic rings. The average molecular weight is 435 g/mol. The Bertz CT molecular complexity index is 1200. The van der Waals surface area contributed by atoms with Crippen LogP contribution in [0.1, 0.15) is 53.1 Å². The first-order chi connectivity index (χ1) is 15.6. The summed E-state index contributed by atoms with van der Waals surface area (Å²) in [5, 5.41) is 7.72. The highest BCUT2D eigenvalue weighted by Gasteiger charge is 2.23. The zero-order valence-corrected chi connectivity index (χ0v) is 18.6. The Morgan fingerprint density at radius 3 is 3.00 bits per heavy atom. The lowest BCUT2D eigenvalue weighted by atomic mass is 10.0. The van der Waals surface area contributed by atoms with E-state index in [2.05, 4.69) is 25.3 Å². The number of carbonyl (C=O) groups is 1. The number of aromatic amines is 1. The summed E-state index contributed by atoms with van der Waals surface area (Å²) in [6.07, 6.45) is 6.38. The van der Waals surface area contributed by atoms with Gasteiger partial charge >= 0.3 is 0 Å². The summed E-state index contributed by atoms with van der Waals surface area (Å²) < 4.78 is 1.62. The SMILES string of the molecule is Cc1nc2ccc(C(=O)NCC3CCCCN3CCn3nc4c(cc3=O)CCC4)cc2[nH]1. The Morgan fingerprint density at radius 2 is 2.09 bits per heavy atom. The fourth-order valence-electron chi connectivity index (χ4n) is 5.00. The average Bonchev–Trinajstić information content (AvgIpc) is 3.40. The van der Waals surface area contributed by atoms with Gasteiger partial charge in [0.25, 0.3) is 11.5 Å². The highest BCUT2D eigenvalue weighted by Crippen LogP contribution is 2.19. The first-order valence-electron chi connectivity index (χ1n) is 11.7. The highest BCUT2D eigenvalue weighted by molar-refractivity contribution is 5.97. The number of fused-ring (bicyclic) bond motifs is 2. The minimum absolute atomic E-state index is 0.00283. The van der Waals surface area contributed by atoms with E-state index in [1.165, 1.54) is 0 Å². The Labute approximate surface area is 187 Å². The number of H-pyrrole nitrogens is 1. The summed E-state index contributed by atoms with van der Waals surface area (Å²) in [5.41, 5.74) is 4.58. The summed E-state index contributed by atoms with van der Waals surface area (Å²) in [4.78, 5) is 35.1. The molecule has 2 N–H and O–H groups in total. The van der Waals surface area contributed by atoms with Gasteiger partial charge in [0.15, 0.2) is 0 Å². The molecular formula is C24H30N6O2. The number of nitrogens with one attached hydrogen (secondary N) is 2. The van der Waals surface area contributed by atoms with Crippen molar-refractivity contribution in [1.29, 1.82) is 0 Å². The molecule has 5 rings (SSSR count). The number of benzene rings is 1. The van der Waals surface area contributed by atoms with E-state index >= 15 is 0 Å². The van der Waals surface area contributed by atoms with Crippen molar-refractivity contribution in [2.75, 3.05) is 19.6 Å². The molecule has 1 saturated heterocycles. The van der Waals surface area contributed by atoms with Crippen molar-refractivity contribution in [3.63, 3.8) is 0 Å². The molecule has 3 aromatic rings. The Balaban J connectivity index is 1.21. The molecule has 3 heterocycles. The van der Waals surface area contributed by atoms with Crippen LogP contribution in [0.2, 0.25) is 0 Å². The number of aryl methyl sites for hydroxylation is 3. The van der Waals surface area contributed by atoms with Gasteiger partial charge < -0.3 is 10.3 Å². The molecule has 1 aromatic carbocycles. The van der Waals surface area contributed by atoms with Crippen LogP contribution in [0.15, 0.2) is 29.1 Å². The fraction of sp³-hybridized carbons (Fsp3) is 0.500. The van der Waals surface area contributed by atoms with E-state index in [0.29, 0.717) is 18.7 Å². The Morgan fingerprint density at radius 1 is 1.19 bits per heavy atom. The van der Waals surface area contributed by atoms with Crippen LogP contribution in [0.4, 0.5) is 0 Å². The third kappa shape index (κ3) is 4.32. The number of amides is 1. The summed E-state index contributed by atoms with van der Waals surface area (Å²) in [5.74, 6) is 0.772. The molecular weight excluding hydrogens is 404 g/mol. The van der Waals surface area contributed by atoms with Gasteiger partial charge in [-0.3, -0.25) is 14.5 Å². The van der Waals surface area contributed by atoms with Gasteiger partial charge in [0, 0.05) is 30.8 Å². The van der Waals surface area contributed by atoms with Gasteiger partial charge in [-0.2, -0.15) is 5.10 Å². The largest absolute Gasteiger partial charge is 0.350 e. The van der Waals surface area contributed by atoms with Crippen LogP contribution in [0, 0.1) is 6.92 Å². The fourth-order valence-corrected chi connectivity index (χ4v) is 5.00. The van der Waals surface area contributed by atoms with Crippen molar-refractivity contribution in [2.45, 2.75) is 58.0 Å². The molecule has 168 valence electrons. The van der Waals surface area contributed by atoms with E-state index in [9.17, 15) is 9.59 Å². The topological polar surface area (TPSA) is 95.9 Å². The highest BCUT2D eigenvalue weighted by atomic mass is 16.1. The molecule has 1 aliphatic carbocycles. The van der Waals surface area contributed by atoms with Gasteiger partial charge in [0.2, 0.25) is 0 Å². The maximum Gasteiger partial charge on any atom is 0.267 e. The molecule has 1 unspecified atom stereocenters.